The first-order chi connectivity index (χ1) is 14.2. The molecule has 0 bridgehead atoms. The summed E-state index contributed by atoms with van der Waals surface area (Å²) in [7, 11) is 0. The Labute approximate surface area is 173 Å². The van der Waals surface area contributed by atoms with E-state index in [1.807, 2.05) is 26.8 Å². The number of carbonyl (C=O) groups is 1. The summed E-state index contributed by atoms with van der Waals surface area (Å²) in [6, 6.07) is 13.5. The van der Waals surface area contributed by atoms with Crippen molar-refractivity contribution in [2.24, 2.45) is 0 Å². The van der Waals surface area contributed by atoms with Crippen molar-refractivity contribution in [3.63, 3.8) is 0 Å². The lowest BCUT2D eigenvalue weighted by molar-refractivity contribution is 0.262. The molecule has 0 aliphatic rings. The fourth-order valence-corrected chi connectivity index (χ4v) is 2.79. The second-order valence-electron chi connectivity index (χ2n) is 7.76. The second kappa shape index (κ2) is 8.29. The molecule has 0 radical (unpaired) electrons. The van der Waals surface area contributed by atoms with Crippen molar-refractivity contribution < 1.29 is 13.6 Å². The Bertz CT molecular complexity index is 1130. The third-order valence-electron chi connectivity index (χ3n) is 4.42. The van der Waals surface area contributed by atoms with Crippen molar-refractivity contribution >= 4 is 17.4 Å². The first-order valence-corrected chi connectivity index (χ1v) is 9.21. The van der Waals surface area contributed by atoms with E-state index in [2.05, 4.69) is 21.7 Å². The number of nitriles is 1. The van der Waals surface area contributed by atoms with Gasteiger partial charge in [-0.3, -0.25) is 4.98 Å². The molecule has 7 heteroatoms. The minimum atomic E-state index is -1.04. The molecule has 1 heterocycles. The van der Waals surface area contributed by atoms with Crippen LogP contribution in [0, 0.1) is 23.0 Å². The van der Waals surface area contributed by atoms with Gasteiger partial charge in [-0.25, -0.2) is 13.6 Å². The maximum atomic E-state index is 13.3. The van der Waals surface area contributed by atoms with Crippen LogP contribution in [0.25, 0.3) is 11.1 Å². The summed E-state index contributed by atoms with van der Waals surface area (Å²) >= 11 is 0. The van der Waals surface area contributed by atoms with Gasteiger partial charge in [0, 0.05) is 40.3 Å². The van der Waals surface area contributed by atoms with Crippen LogP contribution in [0.4, 0.5) is 25.0 Å². The van der Waals surface area contributed by atoms with E-state index >= 15 is 0 Å². The minimum Gasteiger partial charge on any atom is -0.308 e. The van der Waals surface area contributed by atoms with Crippen molar-refractivity contribution in [1.29, 1.82) is 5.26 Å². The molecule has 0 aliphatic heterocycles. The van der Waals surface area contributed by atoms with E-state index in [4.69, 9.17) is 0 Å². The lowest BCUT2D eigenvalue weighted by atomic mass is 9.89. The van der Waals surface area contributed by atoms with Crippen molar-refractivity contribution in [3.05, 3.63) is 77.6 Å². The molecule has 5 nitrogen and oxygen atoms in total. The Kier molecular flexibility index (Phi) is 5.79. The summed E-state index contributed by atoms with van der Waals surface area (Å²) < 4.78 is 26.2. The Balaban J connectivity index is 1.77. The Morgan fingerprint density at radius 1 is 0.967 bits per heavy atom. The van der Waals surface area contributed by atoms with Crippen LogP contribution in [0.2, 0.25) is 0 Å². The molecule has 152 valence electrons. The van der Waals surface area contributed by atoms with Gasteiger partial charge >= 0.3 is 6.03 Å². The highest BCUT2D eigenvalue weighted by molar-refractivity contribution is 5.99. The van der Waals surface area contributed by atoms with Crippen LogP contribution >= 0.6 is 0 Å². The molecule has 2 aromatic carbocycles. The molecule has 3 aromatic rings. The maximum absolute atomic E-state index is 13.3. The number of benzene rings is 2. The summed E-state index contributed by atoms with van der Waals surface area (Å²) in [4.78, 5) is 16.5. The van der Waals surface area contributed by atoms with Crippen molar-refractivity contribution in [1.82, 2.24) is 4.98 Å². The van der Waals surface area contributed by atoms with Crippen molar-refractivity contribution in [3.8, 4) is 17.2 Å². The lowest BCUT2D eigenvalue weighted by Gasteiger charge is -2.19. The van der Waals surface area contributed by atoms with Gasteiger partial charge in [0.15, 0.2) is 11.6 Å². The van der Waals surface area contributed by atoms with Crippen LogP contribution in [0.15, 0.2) is 54.7 Å². The zero-order valence-electron chi connectivity index (χ0n) is 16.8. The van der Waals surface area contributed by atoms with E-state index in [1.165, 1.54) is 6.07 Å². The normalized spacial score (nSPS) is 10.9. The van der Waals surface area contributed by atoms with Crippen molar-refractivity contribution in [2.75, 3.05) is 10.6 Å². The van der Waals surface area contributed by atoms with Crippen LogP contribution in [0.3, 0.4) is 0 Å². The quantitative estimate of drug-likeness (QED) is 0.574. The van der Waals surface area contributed by atoms with Crippen molar-refractivity contribution in [2.45, 2.75) is 26.2 Å². The molecule has 0 saturated carbocycles. The van der Waals surface area contributed by atoms with Gasteiger partial charge in [0.25, 0.3) is 0 Å². The number of halogens is 2. The number of pyridine rings is 1. The number of hydrogen-bond donors (Lipinski definition) is 2. The molecular formula is C23H20F2N4O. The van der Waals surface area contributed by atoms with Gasteiger partial charge in [0.05, 0.1) is 5.56 Å². The molecular weight excluding hydrogens is 386 g/mol. The zero-order chi connectivity index (χ0) is 21.9. The summed E-state index contributed by atoms with van der Waals surface area (Å²) in [5.74, 6) is -2.03. The number of urea groups is 1. The number of rotatable bonds is 3. The molecule has 30 heavy (non-hydrogen) atoms. The molecule has 0 unspecified atom stereocenters. The third-order valence-corrected chi connectivity index (χ3v) is 4.42. The van der Waals surface area contributed by atoms with Gasteiger partial charge in [0.2, 0.25) is 0 Å². The molecule has 0 fully saturated rings. The molecule has 0 atom stereocenters. The molecule has 1 aromatic heterocycles. The molecule has 2 N–H and O–H groups in total. The second-order valence-corrected chi connectivity index (χ2v) is 7.76. The maximum Gasteiger partial charge on any atom is 0.323 e. The Morgan fingerprint density at radius 3 is 2.20 bits per heavy atom. The molecule has 0 spiro atoms. The number of anilines is 2. The van der Waals surface area contributed by atoms with Gasteiger partial charge in [-0.15, -0.1) is 0 Å². The van der Waals surface area contributed by atoms with Gasteiger partial charge < -0.3 is 10.6 Å². The van der Waals surface area contributed by atoms with E-state index in [0.29, 0.717) is 11.3 Å². The van der Waals surface area contributed by atoms with Crippen LogP contribution in [0.5, 0.6) is 0 Å². The summed E-state index contributed by atoms with van der Waals surface area (Å²) in [5, 5.41) is 14.5. The minimum absolute atomic E-state index is 0.133. The predicted molar refractivity (Wildman–Crippen MR) is 112 cm³/mol. The smallest absolute Gasteiger partial charge is 0.308 e. The molecule has 3 rings (SSSR count). The van der Waals surface area contributed by atoms with Crippen LogP contribution in [0.1, 0.15) is 32.0 Å². The summed E-state index contributed by atoms with van der Waals surface area (Å²) in [6.07, 6.45) is 1.57. The topological polar surface area (TPSA) is 77.8 Å². The number of nitrogens with one attached hydrogen (secondary N) is 2. The highest BCUT2D eigenvalue weighted by atomic mass is 19.2. The summed E-state index contributed by atoms with van der Waals surface area (Å²) in [5.41, 5.74) is 3.36. The van der Waals surface area contributed by atoms with Gasteiger partial charge in [-0.2, -0.15) is 5.26 Å². The zero-order valence-corrected chi connectivity index (χ0v) is 16.8. The Morgan fingerprint density at radius 2 is 1.60 bits per heavy atom. The number of aromatic nitrogens is 1. The lowest BCUT2D eigenvalue weighted by Crippen LogP contribution is -2.19. The fourth-order valence-electron chi connectivity index (χ4n) is 2.79. The SMILES string of the molecule is CC(C)(C)c1cc(-c2ccc(NC(=O)Nc3ccc(F)c(F)c3)cc2)c(C#N)cn1. The van der Waals surface area contributed by atoms with E-state index in [0.717, 1.165) is 29.0 Å². The van der Waals surface area contributed by atoms with E-state index in [9.17, 15) is 18.8 Å². The highest BCUT2D eigenvalue weighted by Crippen LogP contribution is 2.29. The molecule has 0 aliphatic carbocycles. The Hall–Kier alpha value is -3.79. The van der Waals surface area contributed by atoms with E-state index in [1.54, 1.807) is 30.5 Å². The monoisotopic (exact) mass is 406 g/mol. The number of hydrogen-bond acceptors (Lipinski definition) is 3. The standard InChI is InChI=1S/C23H20F2N4O/c1-23(2,3)21-11-18(15(12-26)13-27-21)14-4-6-16(7-5-14)28-22(30)29-17-8-9-19(24)20(25)10-17/h4-11,13H,1-3H3,(H2,28,29,30). The van der Waals surface area contributed by atoms with Crippen LogP contribution < -0.4 is 10.6 Å². The number of carbonyl (C=O) groups excluding carboxylic acids is 1. The van der Waals surface area contributed by atoms with Crippen LogP contribution in [-0.4, -0.2) is 11.0 Å². The number of nitrogens with zero attached hydrogens (tertiary/aromatic N) is 2. The van der Waals surface area contributed by atoms with Gasteiger partial charge in [-0.1, -0.05) is 32.9 Å². The van der Waals surface area contributed by atoms with Crippen LogP contribution in [-0.2, 0) is 5.41 Å². The molecule has 0 saturated heterocycles. The first kappa shape index (κ1) is 20.9. The van der Waals surface area contributed by atoms with Gasteiger partial charge in [-0.05, 0) is 35.9 Å². The molecule has 2 amide bonds. The average Bonchev–Trinajstić information content (AvgIpc) is 2.70. The van der Waals surface area contributed by atoms with E-state index in [-0.39, 0.29) is 11.1 Å². The number of amides is 2. The summed E-state index contributed by atoms with van der Waals surface area (Å²) in [6.45, 7) is 6.14. The third kappa shape index (κ3) is 4.78. The van der Waals surface area contributed by atoms with E-state index < -0.39 is 17.7 Å². The average molecular weight is 406 g/mol. The highest BCUT2D eigenvalue weighted by Gasteiger charge is 2.18. The predicted octanol–water partition coefficient (Wildman–Crippen LogP) is 5.84. The first-order valence-electron chi connectivity index (χ1n) is 9.21. The fraction of sp³-hybridized carbons (Fsp3) is 0.174. The van der Waals surface area contributed by atoms with Gasteiger partial charge in [0.1, 0.15) is 6.07 Å². The largest absolute Gasteiger partial charge is 0.323 e.